The predicted octanol–water partition coefficient (Wildman–Crippen LogP) is 6.43. The molecule has 34 heavy (non-hydrogen) atoms. The minimum Gasteiger partial charge on any atom is -0.493 e. The van der Waals surface area contributed by atoms with Crippen LogP contribution in [0.25, 0.3) is 6.08 Å². The average Bonchev–Trinajstić information content (AvgIpc) is 2.86. The molecule has 1 aliphatic carbocycles. The predicted molar refractivity (Wildman–Crippen MR) is 134 cm³/mol. The lowest BCUT2D eigenvalue weighted by Gasteiger charge is -2.22. The van der Waals surface area contributed by atoms with Crippen molar-refractivity contribution in [3.63, 3.8) is 0 Å². The number of hydrogen-bond donors (Lipinski definition) is 0. The van der Waals surface area contributed by atoms with Gasteiger partial charge in [-0.25, -0.2) is 4.79 Å². The van der Waals surface area contributed by atoms with Gasteiger partial charge in [0.15, 0.2) is 11.5 Å². The molecule has 0 radical (unpaired) electrons. The maximum absolute atomic E-state index is 11.9. The first-order valence-corrected chi connectivity index (χ1v) is 12.4. The van der Waals surface area contributed by atoms with Crippen molar-refractivity contribution in [2.45, 2.75) is 44.9 Å². The summed E-state index contributed by atoms with van der Waals surface area (Å²) < 4.78 is 22.7. The van der Waals surface area contributed by atoms with E-state index in [0.717, 1.165) is 5.75 Å². The van der Waals surface area contributed by atoms with Crippen molar-refractivity contribution in [1.82, 2.24) is 0 Å². The van der Waals surface area contributed by atoms with E-state index >= 15 is 0 Å². The molecule has 0 heterocycles. The van der Waals surface area contributed by atoms with Crippen LogP contribution < -0.4 is 14.2 Å². The molecule has 7 heteroatoms. The van der Waals surface area contributed by atoms with E-state index in [2.05, 4.69) is 28.1 Å². The van der Waals surface area contributed by atoms with Crippen molar-refractivity contribution < 1.29 is 23.7 Å². The smallest absolute Gasteiger partial charge is 0.348 e. The number of nitriles is 1. The molecule has 2 aromatic carbocycles. The Morgan fingerprint density at radius 3 is 2.47 bits per heavy atom. The van der Waals surface area contributed by atoms with Gasteiger partial charge in [-0.2, -0.15) is 5.26 Å². The summed E-state index contributed by atoms with van der Waals surface area (Å²) in [4.78, 5) is 11.9. The van der Waals surface area contributed by atoms with Gasteiger partial charge in [0, 0.05) is 0 Å². The lowest BCUT2D eigenvalue weighted by molar-refractivity contribution is -0.137. The Morgan fingerprint density at radius 2 is 1.82 bits per heavy atom. The third-order valence-electron chi connectivity index (χ3n) is 5.73. The van der Waals surface area contributed by atoms with Gasteiger partial charge in [-0.3, -0.25) is 0 Å². The fourth-order valence-corrected chi connectivity index (χ4v) is 4.63. The van der Waals surface area contributed by atoms with Crippen molar-refractivity contribution in [2.75, 3.05) is 26.9 Å². The molecule has 0 aliphatic heterocycles. The molecule has 0 atom stereocenters. The number of carbonyl (C=O) groups is 1. The van der Waals surface area contributed by atoms with Crippen LogP contribution >= 0.6 is 15.9 Å². The van der Waals surface area contributed by atoms with Gasteiger partial charge in [0.2, 0.25) is 0 Å². The molecule has 3 rings (SSSR count). The molecular weight excluding hydrogens is 498 g/mol. The summed E-state index contributed by atoms with van der Waals surface area (Å²) in [6, 6.07) is 13.7. The number of benzene rings is 2. The molecule has 1 fully saturated rings. The van der Waals surface area contributed by atoms with Crippen LogP contribution in [0.3, 0.4) is 0 Å². The molecule has 0 aromatic heterocycles. The first-order valence-electron chi connectivity index (χ1n) is 11.6. The summed E-state index contributed by atoms with van der Waals surface area (Å²) in [5, 5.41) is 9.25. The fourth-order valence-electron chi connectivity index (χ4n) is 4.05. The summed E-state index contributed by atoms with van der Waals surface area (Å²) in [7, 11) is 1.53. The van der Waals surface area contributed by atoms with Crippen molar-refractivity contribution >= 4 is 28.0 Å². The minimum atomic E-state index is -0.663. The summed E-state index contributed by atoms with van der Waals surface area (Å²) in [5.41, 5.74) is 1.91. The monoisotopic (exact) mass is 527 g/mol. The Labute approximate surface area is 209 Å². The van der Waals surface area contributed by atoms with Crippen LogP contribution in [0.5, 0.6) is 17.2 Å². The van der Waals surface area contributed by atoms with Crippen LogP contribution in [0, 0.1) is 11.3 Å². The van der Waals surface area contributed by atoms with Gasteiger partial charge in [0.1, 0.15) is 30.6 Å². The van der Waals surface area contributed by atoms with Gasteiger partial charge in [-0.15, -0.1) is 0 Å². The molecule has 0 amide bonds. The molecule has 0 unspecified atom stereocenters. The zero-order valence-electron chi connectivity index (χ0n) is 19.6. The normalized spacial score (nSPS) is 14.2. The third kappa shape index (κ3) is 7.01. The zero-order valence-corrected chi connectivity index (χ0v) is 21.2. The summed E-state index contributed by atoms with van der Waals surface area (Å²) in [6.07, 6.45) is 8.00. The summed E-state index contributed by atoms with van der Waals surface area (Å²) >= 11 is 3.49. The van der Waals surface area contributed by atoms with Gasteiger partial charge in [0.05, 0.1) is 18.2 Å². The molecule has 0 spiro atoms. The number of esters is 1. The molecule has 0 saturated heterocycles. The van der Waals surface area contributed by atoms with Crippen LogP contribution in [0.4, 0.5) is 0 Å². The summed E-state index contributed by atoms with van der Waals surface area (Å²) in [5.74, 6) is 1.82. The lowest BCUT2D eigenvalue weighted by atomic mass is 9.84. The van der Waals surface area contributed by atoms with Crippen LogP contribution in [-0.2, 0) is 9.53 Å². The average molecular weight is 528 g/mol. The van der Waals surface area contributed by atoms with Crippen molar-refractivity contribution in [2.24, 2.45) is 0 Å². The Balaban J connectivity index is 1.58. The molecule has 1 saturated carbocycles. The van der Waals surface area contributed by atoms with Gasteiger partial charge < -0.3 is 18.9 Å². The van der Waals surface area contributed by atoms with E-state index in [9.17, 15) is 10.1 Å². The quantitative estimate of drug-likeness (QED) is 0.153. The second-order valence-corrected chi connectivity index (χ2v) is 8.88. The lowest BCUT2D eigenvalue weighted by Crippen LogP contribution is -2.10. The molecule has 0 N–H and O–H groups in total. The molecular formula is C27H30BrNO5. The van der Waals surface area contributed by atoms with E-state index in [1.54, 1.807) is 19.1 Å². The summed E-state index contributed by atoms with van der Waals surface area (Å²) in [6.45, 7) is 2.58. The number of ether oxygens (including phenoxy) is 4. The van der Waals surface area contributed by atoms with Gasteiger partial charge in [-0.1, -0.05) is 31.4 Å². The van der Waals surface area contributed by atoms with Gasteiger partial charge in [-0.05, 0) is 83.1 Å². The highest BCUT2D eigenvalue weighted by Crippen LogP contribution is 2.37. The van der Waals surface area contributed by atoms with Gasteiger partial charge in [0.25, 0.3) is 0 Å². The Hall–Kier alpha value is -2.98. The Kier molecular flexibility index (Phi) is 9.84. The SMILES string of the molecule is CCOC(=O)C(C#N)=Cc1cc(Br)c(OCCOc2ccc(C3CCCCC3)cc2)c(OC)c1. The minimum absolute atomic E-state index is 0.0904. The third-order valence-corrected chi connectivity index (χ3v) is 6.32. The van der Waals surface area contributed by atoms with E-state index in [1.165, 1.54) is 50.9 Å². The molecule has 1 aliphatic rings. The van der Waals surface area contributed by atoms with Gasteiger partial charge >= 0.3 is 5.97 Å². The highest BCUT2D eigenvalue weighted by molar-refractivity contribution is 9.10. The number of halogens is 1. The highest BCUT2D eigenvalue weighted by Gasteiger charge is 2.16. The topological polar surface area (TPSA) is 77.8 Å². The van der Waals surface area contributed by atoms with E-state index in [0.29, 0.717) is 40.7 Å². The molecule has 180 valence electrons. The van der Waals surface area contributed by atoms with Crippen LogP contribution in [0.1, 0.15) is 56.1 Å². The highest BCUT2D eigenvalue weighted by atomic mass is 79.9. The van der Waals surface area contributed by atoms with Crippen molar-refractivity contribution in [3.8, 4) is 23.3 Å². The van der Waals surface area contributed by atoms with E-state index in [1.807, 2.05) is 18.2 Å². The van der Waals surface area contributed by atoms with Crippen LogP contribution in [0.2, 0.25) is 0 Å². The maximum Gasteiger partial charge on any atom is 0.348 e. The standard InChI is InChI=1S/C27H30BrNO5/c1-3-32-27(30)22(18-29)15-19-16-24(28)26(25(17-19)31-2)34-14-13-33-23-11-9-21(10-12-23)20-7-5-4-6-8-20/h9-12,15-17,20H,3-8,13-14H2,1-2H3. The van der Waals surface area contributed by atoms with E-state index in [-0.39, 0.29) is 12.2 Å². The largest absolute Gasteiger partial charge is 0.493 e. The molecule has 6 nitrogen and oxygen atoms in total. The Morgan fingerprint density at radius 1 is 1.12 bits per heavy atom. The second kappa shape index (κ2) is 13.0. The van der Waals surface area contributed by atoms with Crippen molar-refractivity contribution in [3.05, 3.63) is 57.6 Å². The van der Waals surface area contributed by atoms with E-state index < -0.39 is 5.97 Å². The molecule has 2 aromatic rings. The second-order valence-electron chi connectivity index (χ2n) is 8.03. The number of carbonyl (C=O) groups excluding carboxylic acids is 1. The van der Waals surface area contributed by atoms with E-state index in [4.69, 9.17) is 18.9 Å². The zero-order chi connectivity index (χ0) is 24.3. The number of rotatable bonds is 10. The number of hydrogen-bond acceptors (Lipinski definition) is 6. The van der Waals surface area contributed by atoms with Crippen molar-refractivity contribution in [1.29, 1.82) is 5.26 Å². The Bertz CT molecular complexity index is 1040. The fraction of sp³-hybridized carbons (Fsp3) is 0.407. The molecule has 0 bridgehead atoms. The van der Waals surface area contributed by atoms with Crippen LogP contribution in [-0.4, -0.2) is 32.9 Å². The maximum atomic E-state index is 11.9. The first-order chi connectivity index (χ1) is 16.5. The number of methoxy groups -OCH3 is 1. The van der Waals surface area contributed by atoms with Crippen LogP contribution in [0.15, 0.2) is 46.4 Å². The number of nitrogens with zero attached hydrogens (tertiary/aromatic N) is 1. The first kappa shape index (κ1) is 25.6.